The van der Waals surface area contributed by atoms with Gasteiger partial charge < -0.3 is 10.5 Å². The van der Waals surface area contributed by atoms with E-state index in [-0.39, 0.29) is 30.6 Å². The first-order valence-corrected chi connectivity index (χ1v) is 4.91. The Morgan fingerprint density at radius 3 is 2.24 bits per heavy atom. The van der Waals surface area contributed by atoms with E-state index in [4.69, 9.17) is 5.73 Å². The van der Waals surface area contributed by atoms with E-state index in [1.54, 1.807) is 6.07 Å². The molecular formula is C11H15ClF3NO. The van der Waals surface area contributed by atoms with Crippen molar-refractivity contribution in [2.75, 3.05) is 0 Å². The maximum atomic E-state index is 12.1. The van der Waals surface area contributed by atoms with Crippen LogP contribution in [0.4, 0.5) is 13.2 Å². The van der Waals surface area contributed by atoms with E-state index in [0.29, 0.717) is 5.56 Å². The predicted octanol–water partition coefficient (Wildman–Crippen LogP) is 3.59. The summed E-state index contributed by atoms with van der Waals surface area (Å²) in [5, 5.41) is 0. The fraction of sp³-hybridized carbons (Fsp3) is 0.455. The highest BCUT2D eigenvalue weighted by Crippen LogP contribution is 2.27. The second-order valence-electron chi connectivity index (χ2n) is 3.82. The molecule has 0 aliphatic rings. The van der Waals surface area contributed by atoms with Gasteiger partial charge in [-0.3, -0.25) is 0 Å². The van der Waals surface area contributed by atoms with Crippen molar-refractivity contribution in [2.24, 2.45) is 5.73 Å². The Labute approximate surface area is 104 Å². The maximum Gasteiger partial charge on any atom is 0.573 e. The molecule has 2 N–H and O–H groups in total. The average molecular weight is 270 g/mol. The van der Waals surface area contributed by atoms with E-state index in [0.717, 1.165) is 5.56 Å². The van der Waals surface area contributed by atoms with Crippen LogP contribution in [0.15, 0.2) is 18.2 Å². The monoisotopic (exact) mass is 269 g/mol. The molecule has 17 heavy (non-hydrogen) atoms. The molecule has 0 saturated carbocycles. The van der Waals surface area contributed by atoms with Gasteiger partial charge in [0.2, 0.25) is 0 Å². The lowest BCUT2D eigenvalue weighted by molar-refractivity contribution is -0.274. The third kappa shape index (κ3) is 5.28. The zero-order valence-electron chi connectivity index (χ0n) is 9.54. The lowest BCUT2D eigenvalue weighted by Gasteiger charge is -2.13. The van der Waals surface area contributed by atoms with Crippen molar-refractivity contribution < 1.29 is 17.9 Å². The normalized spacial score (nSPS) is 11.2. The number of hydrogen-bond donors (Lipinski definition) is 1. The molecule has 0 spiro atoms. The molecule has 1 aromatic rings. The van der Waals surface area contributed by atoms with Gasteiger partial charge in [0, 0.05) is 6.54 Å². The van der Waals surface area contributed by atoms with Gasteiger partial charge >= 0.3 is 6.36 Å². The number of rotatable bonds is 3. The van der Waals surface area contributed by atoms with Crippen molar-refractivity contribution in [3.63, 3.8) is 0 Å². The smallest absolute Gasteiger partial charge is 0.406 e. The Morgan fingerprint density at radius 2 is 1.82 bits per heavy atom. The van der Waals surface area contributed by atoms with Gasteiger partial charge in [-0.25, -0.2) is 0 Å². The average Bonchev–Trinajstić information content (AvgIpc) is 2.14. The second-order valence-corrected chi connectivity index (χ2v) is 3.82. The van der Waals surface area contributed by atoms with Crippen molar-refractivity contribution in [1.29, 1.82) is 0 Å². The van der Waals surface area contributed by atoms with Gasteiger partial charge in [-0.05, 0) is 29.2 Å². The van der Waals surface area contributed by atoms with Gasteiger partial charge in [-0.2, -0.15) is 0 Å². The molecule has 0 saturated heterocycles. The first kappa shape index (κ1) is 16.1. The van der Waals surface area contributed by atoms with Gasteiger partial charge in [-0.15, -0.1) is 25.6 Å². The first-order valence-electron chi connectivity index (χ1n) is 4.91. The Morgan fingerprint density at radius 1 is 1.24 bits per heavy atom. The predicted molar refractivity (Wildman–Crippen MR) is 62.4 cm³/mol. The van der Waals surface area contributed by atoms with Crippen LogP contribution in [0.5, 0.6) is 5.75 Å². The Kier molecular flexibility index (Phi) is 5.78. The second kappa shape index (κ2) is 6.12. The van der Waals surface area contributed by atoms with Crippen LogP contribution < -0.4 is 10.5 Å². The molecule has 2 nitrogen and oxygen atoms in total. The third-order valence-electron chi connectivity index (χ3n) is 2.12. The standard InChI is InChI=1S/C11H14F3NO.ClH/c1-7(2)9-3-8(6-15)4-10(5-9)16-11(12,13)14;/h3-5,7H,6,15H2,1-2H3;1H. The summed E-state index contributed by atoms with van der Waals surface area (Å²) < 4.78 is 40.0. The Bertz CT molecular complexity index is 366. The van der Waals surface area contributed by atoms with Gasteiger partial charge in [0.25, 0.3) is 0 Å². The molecule has 0 aliphatic heterocycles. The highest BCUT2D eigenvalue weighted by atomic mass is 35.5. The summed E-state index contributed by atoms with van der Waals surface area (Å²) in [5.74, 6) is -0.0822. The highest BCUT2D eigenvalue weighted by molar-refractivity contribution is 5.85. The van der Waals surface area contributed by atoms with Crippen LogP contribution in [0.1, 0.15) is 30.9 Å². The number of halogens is 4. The van der Waals surface area contributed by atoms with E-state index in [1.165, 1.54) is 12.1 Å². The summed E-state index contributed by atoms with van der Waals surface area (Å²) >= 11 is 0. The fourth-order valence-electron chi connectivity index (χ4n) is 1.33. The number of ether oxygens (including phenoxy) is 1. The van der Waals surface area contributed by atoms with Crippen LogP contribution in [0.3, 0.4) is 0 Å². The van der Waals surface area contributed by atoms with Crippen molar-refractivity contribution in [2.45, 2.75) is 32.7 Å². The molecule has 6 heteroatoms. The zero-order valence-corrected chi connectivity index (χ0v) is 10.4. The largest absolute Gasteiger partial charge is 0.573 e. The fourth-order valence-corrected chi connectivity index (χ4v) is 1.33. The van der Waals surface area contributed by atoms with E-state index in [1.807, 2.05) is 13.8 Å². The molecular weight excluding hydrogens is 255 g/mol. The summed E-state index contributed by atoms with van der Waals surface area (Å²) in [4.78, 5) is 0. The molecule has 98 valence electrons. The van der Waals surface area contributed by atoms with Crippen LogP contribution in [0.25, 0.3) is 0 Å². The van der Waals surface area contributed by atoms with Crippen LogP contribution >= 0.6 is 12.4 Å². The van der Waals surface area contributed by atoms with E-state index in [2.05, 4.69) is 4.74 Å². The maximum absolute atomic E-state index is 12.1. The third-order valence-corrected chi connectivity index (χ3v) is 2.12. The van der Waals surface area contributed by atoms with Crippen molar-refractivity contribution >= 4 is 12.4 Å². The summed E-state index contributed by atoms with van der Waals surface area (Å²) in [6.07, 6.45) is -4.67. The van der Waals surface area contributed by atoms with Crippen LogP contribution in [0.2, 0.25) is 0 Å². The molecule has 0 amide bonds. The van der Waals surface area contributed by atoms with Crippen molar-refractivity contribution in [3.8, 4) is 5.75 Å². The van der Waals surface area contributed by atoms with Gasteiger partial charge in [0.1, 0.15) is 5.75 Å². The minimum atomic E-state index is -4.67. The highest BCUT2D eigenvalue weighted by Gasteiger charge is 2.31. The lowest BCUT2D eigenvalue weighted by atomic mass is 10.0. The number of hydrogen-bond acceptors (Lipinski definition) is 2. The van der Waals surface area contributed by atoms with Crippen LogP contribution in [-0.2, 0) is 6.54 Å². The summed E-state index contributed by atoms with van der Waals surface area (Å²) in [6, 6.07) is 4.48. The molecule has 0 fully saturated rings. The van der Waals surface area contributed by atoms with E-state index < -0.39 is 6.36 Å². The van der Waals surface area contributed by atoms with Crippen molar-refractivity contribution in [1.82, 2.24) is 0 Å². The van der Waals surface area contributed by atoms with Gasteiger partial charge in [0.05, 0.1) is 0 Å². The number of benzene rings is 1. The summed E-state index contributed by atoms with van der Waals surface area (Å²) in [5.41, 5.74) is 6.82. The molecule has 0 bridgehead atoms. The minimum Gasteiger partial charge on any atom is -0.406 e. The SMILES string of the molecule is CC(C)c1cc(CN)cc(OC(F)(F)F)c1.Cl. The molecule has 0 radical (unpaired) electrons. The quantitative estimate of drug-likeness (QED) is 0.910. The minimum absolute atomic E-state index is 0. The lowest BCUT2D eigenvalue weighted by Crippen LogP contribution is -2.17. The van der Waals surface area contributed by atoms with E-state index >= 15 is 0 Å². The summed E-state index contributed by atoms with van der Waals surface area (Å²) in [6.45, 7) is 3.98. The Balaban J connectivity index is 0.00000256. The van der Waals surface area contributed by atoms with E-state index in [9.17, 15) is 13.2 Å². The molecule has 0 unspecified atom stereocenters. The molecule has 0 atom stereocenters. The van der Waals surface area contributed by atoms with Crippen molar-refractivity contribution in [3.05, 3.63) is 29.3 Å². The molecule has 0 heterocycles. The van der Waals surface area contributed by atoms with Gasteiger partial charge in [0.15, 0.2) is 0 Å². The molecule has 1 aromatic carbocycles. The number of alkyl halides is 3. The van der Waals surface area contributed by atoms with Crippen LogP contribution in [-0.4, -0.2) is 6.36 Å². The topological polar surface area (TPSA) is 35.2 Å². The number of nitrogens with two attached hydrogens (primary N) is 1. The first-order chi connectivity index (χ1) is 7.31. The Hall–Kier alpha value is -0.940. The molecule has 0 aliphatic carbocycles. The molecule has 0 aromatic heterocycles. The summed E-state index contributed by atoms with van der Waals surface area (Å²) in [7, 11) is 0. The molecule has 1 rings (SSSR count). The van der Waals surface area contributed by atoms with Crippen LogP contribution in [0, 0.1) is 0 Å². The zero-order chi connectivity index (χ0) is 12.3. The van der Waals surface area contributed by atoms with Gasteiger partial charge in [-0.1, -0.05) is 19.9 Å².